The van der Waals surface area contributed by atoms with Gasteiger partial charge in [-0.25, -0.2) is 4.98 Å². The molecular weight excluding hydrogens is 625 g/mol. The number of nitrogens with zero attached hydrogens (tertiary/aromatic N) is 2. The van der Waals surface area contributed by atoms with Crippen LogP contribution in [0.1, 0.15) is 0 Å². The molecule has 10 aromatic rings. The van der Waals surface area contributed by atoms with Gasteiger partial charge in [0.05, 0.1) is 15.9 Å². The fourth-order valence-corrected chi connectivity index (χ4v) is 8.97. The summed E-state index contributed by atoms with van der Waals surface area (Å²) in [6.45, 7) is 0. The van der Waals surface area contributed by atoms with Gasteiger partial charge in [-0.1, -0.05) is 109 Å². The van der Waals surface area contributed by atoms with E-state index in [2.05, 4.69) is 150 Å². The summed E-state index contributed by atoms with van der Waals surface area (Å²) in [4.78, 5) is 7.51. The number of benzene rings is 7. The van der Waals surface area contributed by atoms with Gasteiger partial charge in [-0.3, -0.25) is 0 Å². The Balaban J connectivity index is 1.17. The molecule has 0 N–H and O–H groups in total. The van der Waals surface area contributed by atoms with Crippen molar-refractivity contribution in [1.29, 1.82) is 0 Å². The zero-order valence-corrected chi connectivity index (χ0v) is 27.3. The van der Waals surface area contributed by atoms with Gasteiger partial charge in [0.15, 0.2) is 5.58 Å². The first kappa shape index (κ1) is 27.4. The Morgan fingerprint density at radius 2 is 1.17 bits per heavy atom. The molecule has 0 atom stereocenters. The van der Waals surface area contributed by atoms with E-state index >= 15 is 0 Å². The zero-order valence-electron chi connectivity index (χ0n) is 25.6. The second kappa shape index (κ2) is 10.9. The minimum absolute atomic E-state index is 0.875. The number of thiazole rings is 1. The van der Waals surface area contributed by atoms with E-state index in [-0.39, 0.29) is 0 Å². The fourth-order valence-electron chi connectivity index (χ4n) is 6.85. The Hall–Kier alpha value is -5.75. The van der Waals surface area contributed by atoms with E-state index in [0.717, 1.165) is 55.1 Å². The Morgan fingerprint density at radius 3 is 2.00 bits per heavy atom. The molecule has 0 saturated carbocycles. The molecule has 0 bridgehead atoms. The highest BCUT2D eigenvalue weighted by atomic mass is 32.1. The standard InChI is InChI=1S/C43H26N2OS2/c1-3-10-27(11-4-1)28-18-20-30(21-19-28)45(35-16-9-15-33-32-14-7-8-17-36(32)46-42(33)35)31-22-23-34-39(26-31)47-37-24-25-38-41(40(34)37)44-43(48-38)29-12-5-2-6-13-29/h1-26H. The molecule has 0 unspecified atom stereocenters. The normalized spacial score (nSPS) is 11.8. The van der Waals surface area contributed by atoms with Crippen molar-refractivity contribution < 1.29 is 4.42 Å². The van der Waals surface area contributed by atoms with Crippen LogP contribution in [-0.2, 0) is 0 Å². The molecule has 3 heterocycles. The topological polar surface area (TPSA) is 29.3 Å². The first-order valence-electron chi connectivity index (χ1n) is 16.0. The number of hydrogen-bond donors (Lipinski definition) is 0. The molecule has 0 radical (unpaired) electrons. The summed E-state index contributed by atoms with van der Waals surface area (Å²) in [6, 6.07) is 55.9. The van der Waals surface area contributed by atoms with Crippen molar-refractivity contribution >= 4 is 92.1 Å². The maximum absolute atomic E-state index is 6.58. The minimum atomic E-state index is 0.875. The predicted octanol–water partition coefficient (Wildman–Crippen LogP) is 13.4. The first-order valence-corrected chi connectivity index (χ1v) is 17.6. The third-order valence-electron chi connectivity index (χ3n) is 9.11. The van der Waals surface area contributed by atoms with E-state index in [1.807, 2.05) is 23.5 Å². The van der Waals surface area contributed by atoms with Gasteiger partial charge in [-0.2, -0.15) is 0 Å². The Labute approximate surface area is 284 Å². The number of hydrogen-bond acceptors (Lipinski definition) is 5. The summed E-state index contributed by atoms with van der Waals surface area (Å²) >= 11 is 3.58. The van der Waals surface area contributed by atoms with Crippen LogP contribution in [0.3, 0.4) is 0 Å². The third-order valence-corrected chi connectivity index (χ3v) is 11.3. The van der Waals surface area contributed by atoms with E-state index in [1.54, 1.807) is 11.3 Å². The summed E-state index contributed by atoms with van der Waals surface area (Å²) in [5, 5.41) is 5.75. The number of aromatic nitrogens is 1. The van der Waals surface area contributed by atoms with Crippen molar-refractivity contribution in [1.82, 2.24) is 4.98 Å². The number of para-hydroxylation sites is 2. The Morgan fingerprint density at radius 1 is 0.479 bits per heavy atom. The zero-order chi connectivity index (χ0) is 31.6. The molecule has 48 heavy (non-hydrogen) atoms. The molecule has 3 nitrogen and oxygen atoms in total. The molecule has 5 heteroatoms. The average Bonchev–Trinajstić information content (AvgIpc) is 3.86. The van der Waals surface area contributed by atoms with Crippen LogP contribution in [0.15, 0.2) is 162 Å². The van der Waals surface area contributed by atoms with Crippen molar-refractivity contribution in [3.63, 3.8) is 0 Å². The van der Waals surface area contributed by atoms with Crippen LogP contribution >= 0.6 is 22.7 Å². The molecule has 0 saturated heterocycles. The highest BCUT2D eigenvalue weighted by Gasteiger charge is 2.21. The Bertz CT molecular complexity index is 2780. The molecule has 3 aromatic heterocycles. The average molecular weight is 651 g/mol. The van der Waals surface area contributed by atoms with Gasteiger partial charge in [0.2, 0.25) is 0 Å². The molecule has 7 aromatic carbocycles. The van der Waals surface area contributed by atoms with Gasteiger partial charge in [0, 0.05) is 47.9 Å². The highest BCUT2D eigenvalue weighted by Crippen LogP contribution is 2.46. The smallest absolute Gasteiger partial charge is 0.159 e. The van der Waals surface area contributed by atoms with Crippen LogP contribution in [-0.4, -0.2) is 4.98 Å². The summed E-state index contributed by atoms with van der Waals surface area (Å²) in [5.41, 5.74) is 9.53. The van der Waals surface area contributed by atoms with Crippen molar-refractivity contribution in [2.75, 3.05) is 4.90 Å². The summed E-state index contributed by atoms with van der Waals surface area (Å²) in [6.07, 6.45) is 0. The lowest BCUT2D eigenvalue weighted by atomic mass is 10.0. The largest absolute Gasteiger partial charge is 0.454 e. The van der Waals surface area contributed by atoms with E-state index in [0.29, 0.717) is 0 Å². The van der Waals surface area contributed by atoms with Crippen molar-refractivity contribution in [2.24, 2.45) is 0 Å². The van der Waals surface area contributed by atoms with Gasteiger partial charge in [0.1, 0.15) is 10.6 Å². The SMILES string of the molecule is c1ccc(-c2ccc(N(c3ccc4c(c3)sc3ccc5sc(-c6ccccc6)nc5c34)c3cccc4c3oc3ccccc34)cc2)cc1. The molecule has 0 fully saturated rings. The Kier molecular flexibility index (Phi) is 6.22. The molecular formula is C43H26N2OS2. The molecule has 0 aliphatic heterocycles. The van der Waals surface area contributed by atoms with Gasteiger partial charge >= 0.3 is 0 Å². The molecule has 0 spiro atoms. The van der Waals surface area contributed by atoms with E-state index in [1.165, 1.54) is 36.0 Å². The summed E-state index contributed by atoms with van der Waals surface area (Å²) in [5.74, 6) is 0. The maximum Gasteiger partial charge on any atom is 0.159 e. The second-order valence-electron chi connectivity index (χ2n) is 12.0. The van der Waals surface area contributed by atoms with E-state index in [4.69, 9.17) is 9.40 Å². The van der Waals surface area contributed by atoms with Crippen LogP contribution in [0.2, 0.25) is 0 Å². The predicted molar refractivity (Wildman–Crippen MR) is 205 cm³/mol. The van der Waals surface area contributed by atoms with Crippen LogP contribution < -0.4 is 4.90 Å². The van der Waals surface area contributed by atoms with Gasteiger partial charge < -0.3 is 9.32 Å². The molecule has 0 amide bonds. The third kappa shape index (κ3) is 4.36. The van der Waals surface area contributed by atoms with Gasteiger partial charge in [-0.15, -0.1) is 22.7 Å². The fraction of sp³-hybridized carbons (Fsp3) is 0. The first-order chi connectivity index (χ1) is 23.8. The van der Waals surface area contributed by atoms with Gasteiger partial charge in [0.25, 0.3) is 0 Å². The molecule has 0 aliphatic carbocycles. The van der Waals surface area contributed by atoms with Gasteiger partial charge in [-0.05, 0) is 59.7 Å². The number of fused-ring (bicyclic) bond motifs is 8. The lowest BCUT2D eigenvalue weighted by Gasteiger charge is -2.26. The van der Waals surface area contributed by atoms with Crippen LogP contribution in [0.25, 0.3) is 74.0 Å². The highest BCUT2D eigenvalue weighted by molar-refractivity contribution is 7.26. The lowest BCUT2D eigenvalue weighted by molar-refractivity contribution is 0.669. The number of anilines is 3. The molecule has 226 valence electrons. The van der Waals surface area contributed by atoms with E-state index in [9.17, 15) is 0 Å². The quantitative estimate of drug-likeness (QED) is 0.186. The molecule has 10 rings (SSSR count). The monoisotopic (exact) mass is 650 g/mol. The number of furan rings is 1. The molecule has 0 aliphatic rings. The lowest BCUT2D eigenvalue weighted by Crippen LogP contribution is -2.10. The van der Waals surface area contributed by atoms with Crippen molar-refractivity contribution in [2.45, 2.75) is 0 Å². The summed E-state index contributed by atoms with van der Waals surface area (Å²) < 4.78 is 10.3. The van der Waals surface area contributed by atoms with E-state index < -0.39 is 0 Å². The van der Waals surface area contributed by atoms with Crippen LogP contribution in [0.5, 0.6) is 0 Å². The van der Waals surface area contributed by atoms with Crippen molar-refractivity contribution in [3.8, 4) is 21.7 Å². The maximum atomic E-state index is 6.58. The number of rotatable bonds is 5. The van der Waals surface area contributed by atoms with Crippen molar-refractivity contribution in [3.05, 3.63) is 158 Å². The van der Waals surface area contributed by atoms with Crippen LogP contribution in [0, 0.1) is 0 Å². The van der Waals surface area contributed by atoms with Crippen LogP contribution in [0.4, 0.5) is 17.1 Å². The summed E-state index contributed by atoms with van der Waals surface area (Å²) in [7, 11) is 0. The number of thiophene rings is 1. The minimum Gasteiger partial charge on any atom is -0.454 e. The second-order valence-corrected chi connectivity index (χ2v) is 14.1.